The molecule has 41 heavy (non-hydrogen) atoms. The summed E-state index contributed by atoms with van der Waals surface area (Å²) in [6.45, 7) is 0.612. The number of benzene rings is 2. The van der Waals surface area contributed by atoms with Gasteiger partial charge in [-0.1, -0.05) is 60.0 Å². The maximum Gasteiger partial charge on any atom is 0.243 e. The van der Waals surface area contributed by atoms with E-state index in [0.29, 0.717) is 18.5 Å². The van der Waals surface area contributed by atoms with Crippen LogP contribution < -0.4 is 38.9 Å². The Bertz CT molecular complexity index is 1110. The fourth-order valence-electron chi connectivity index (χ4n) is 4.24. The van der Waals surface area contributed by atoms with Crippen LogP contribution in [0.5, 0.6) is 5.75 Å². The third-order valence-electron chi connectivity index (χ3n) is 6.43. The Morgan fingerprint density at radius 3 is 2.22 bits per heavy atom. The minimum atomic E-state index is -1.01. The lowest BCUT2D eigenvalue weighted by Crippen LogP contribution is -2.58. The number of hydrogen-bond donors (Lipinski definition) is 8. The highest BCUT2D eigenvalue weighted by Gasteiger charge is 2.29. The summed E-state index contributed by atoms with van der Waals surface area (Å²) in [5, 5.41) is 18.7. The first kappa shape index (κ1) is 39.6. The van der Waals surface area contributed by atoms with E-state index >= 15 is 0 Å². The molecule has 0 saturated carbocycles. The molecule has 12 N–H and O–H groups in total. The van der Waals surface area contributed by atoms with Gasteiger partial charge in [-0.05, 0) is 53.8 Å². The zero-order chi connectivity index (χ0) is 26.9. The monoisotopic (exact) mass is 575 g/mol. The van der Waals surface area contributed by atoms with Gasteiger partial charge in [0.1, 0.15) is 17.8 Å². The van der Waals surface area contributed by atoms with E-state index in [2.05, 4.69) is 16.0 Å². The van der Waals surface area contributed by atoms with E-state index in [4.69, 9.17) is 22.9 Å². The number of carbonyl (C=O) groups excluding carboxylic acids is 3. The number of nitrogens with two attached hydrogens (primary N) is 4. The second kappa shape index (κ2) is 18.8. The van der Waals surface area contributed by atoms with Crippen LogP contribution in [0.3, 0.4) is 0 Å². The molecule has 1 heterocycles. The lowest BCUT2D eigenvalue weighted by molar-refractivity contribution is -0.132. The molecule has 232 valence electrons. The highest BCUT2D eigenvalue weighted by atomic mass is 16.3. The molecule has 0 unspecified atom stereocenters. The van der Waals surface area contributed by atoms with Crippen LogP contribution in [-0.4, -0.2) is 66.6 Å². The fraction of sp³-hybridized carbons (Fsp3) is 0.500. The maximum atomic E-state index is 13.3. The first-order valence-electron chi connectivity index (χ1n) is 12.4. The smallest absolute Gasteiger partial charge is 0.243 e. The third kappa shape index (κ3) is 10.8. The summed E-state index contributed by atoms with van der Waals surface area (Å²) < 4.78 is 0. The van der Waals surface area contributed by atoms with Gasteiger partial charge in [-0.2, -0.15) is 0 Å². The molecule has 11 heteroatoms. The molecule has 2 aromatic carbocycles. The third-order valence-corrected chi connectivity index (χ3v) is 6.43. The average Bonchev–Trinajstić information content (AvgIpc) is 2.89. The van der Waals surface area contributed by atoms with E-state index in [0.717, 1.165) is 16.7 Å². The second-order valence-electron chi connectivity index (χ2n) is 9.29. The quantitative estimate of drug-likeness (QED) is 0.239. The van der Waals surface area contributed by atoms with Crippen LogP contribution in [0, 0.1) is 0 Å². The van der Waals surface area contributed by atoms with Crippen molar-refractivity contribution in [1.29, 1.82) is 0 Å². The molecule has 0 fully saturated rings. The normalized spacial score (nSPS) is 18.4. The average molecular weight is 576 g/mol. The van der Waals surface area contributed by atoms with Crippen molar-refractivity contribution in [2.24, 2.45) is 22.9 Å². The van der Waals surface area contributed by atoms with Gasteiger partial charge in [0, 0.05) is 25.9 Å². The predicted octanol–water partition coefficient (Wildman–Crippen LogP) is 1.14. The Morgan fingerprint density at radius 2 is 1.59 bits per heavy atom. The van der Waals surface area contributed by atoms with Crippen LogP contribution in [0.15, 0.2) is 42.5 Å². The number of amides is 3. The summed E-state index contributed by atoms with van der Waals surface area (Å²) in [7, 11) is 0. The highest BCUT2D eigenvalue weighted by Crippen LogP contribution is 2.28. The molecule has 4 bridgehead atoms. The number of carbonyl (C=O) groups is 3. The Kier molecular flexibility index (Phi) is 18.1. The Morgan fingerprint density at radius 1 is 0.927 bits per heavy atom. The van der Waals surface area contributed by atoms with Gasteiger partial charge >= 0.3 is 0 Å². The van der Waals surface area contributed by atoms with Crippen LogP contribution in [-0.2, 0) is 27.2 Å². The van der Waals surface area contributed by atoms with Crippen molar-refractivity contribution in [2.45, 2.75) is 79.6 Å². The molecule has 1 aliphatic heterocycles. The van der Waals surface area contributed by atoms with Gasteiger partial charge < -0.3 is 44.0 Å². The number of phenolic OH excluding ortho intramolecular Hbond substituents is 1. The molecule has 2 aromatic rings. The maximum absolute atomic E-state index is 13.3. The van der Waals surface area contributed by atoms with Crippen molar-refractivity contribution >= 4 is 17.7 Å². The minimum absolute atomic E-state index is 0. The Hall–Kier alpha value is -3.51. The summed E-state index contributed by atoms with van der Waals surface area (Å²) in [6, 6.07) is 9.29. The molecule has 3 rings (SSSR count). The van der Waals surface area contributed by atoms with E-state index in [1.165, 1.54) is 0 Å². The molecule has 3 atom stereocenters. The number of hydrogen-bond acceptors (Lipinski definition) is 8. The highest BCUT2D eigenvalue weighted by molar-refractivity contribution is 5.93. The van der Waals surface area contributed by atoms with Gasteiger partial charge in [0.2, 0.25) is 17.7 Å². The van der Waals surface area contributed by atoms with Crippen LogP contribution in [0.25, 0.3) is 11.1 Å². The number of aromatic hydroxyl groups is 1. The van der Waals surface area contributed by atoms with Gasteiger partial charge in [-0.3, -0.25) is 14.4 Å². The van der Waals surface area contributed by atoms with E-state index in [9.17, 15) is 19.5 Å². The number of nitrogens with one attached hydrogen (secondary N) is 3. The standard InChI is InChI=1S/C26H37N7O4.4CH4/c27-8-2-5-21-25(36)33-22(26(37)31-19(13-28)14-29)10-15-3-1-4-16(9-15)17-6-7-23(34)18(11-17)12-20(30)24(35)32-21;;;;/h1,3-4,6-7,9,11,19-22,34H,2,5,8,10,12-14,27-30H2,(H,31,37)(H,32,35)(H,33,36);4*1H4/t20-,21-,22-;;;;/m0..../s1. The van der Waals surface area contributed by atoms with Crippen molar-refractivity contribution in [3.05, 3.63) is 53.6 Å². The van der Waals surface area contributed by atoms with Gasteiger partial charge in [0.15, 0.2) is 0 Å². The zero-order valence-corrected chi connectivity index (χ0v) is 20.8. The van der Waals surface area contributed by atoms with Crippen LogP contribution in [0.2, 0.25) is 0 Å². The van der Waals surface area contributed by atoms with Gasteiger partial charge in [-0.15, -0.1) is 0 Å². The van der Waals surface area contributed by atoms with Gasteiger partial charge in [0.25, 0.3) is 0 Å². The Labute approximate surface area is 245 Å². The lowest BCUT2D eigenvalue weighted by atomic mass is 9.96. The van der Waals surface area contributed by atoms with E-state index in [1.54, 1.807) is 18.2 Å². The molecule has 3 amide bonds. The van der Waals surface area contributed by atoms with E-state index in [-0.39, 0.29) is 67.8 Å². The molecule has 0 saturated heterocycles. The summed E-state index contributed by atoms with van der Waals surface area (Å²) in [5.41, 5.74) is 26.2. The van der Waals surface area contributed by atoms with Crippen molar-refractivity contribution in [3.8, 4) is 16.9 Å². The molecule has 0 radical (unpaired) electrons. The second-order valence-corrected chi connectivity index (χ2v) is 9.29. The number of rotatable bonds is 7. The minimum Gasteiger partial charge on any atom is -0.508 e. The zero-order valence-electron chi connectivity index (χ0n) is 20.8. The molecule has 0 aliphatic carbocycles. The predicted molar refractivity (Wildman–Crippen MR) is 168 cm³/mol. The van der Waals surface area contributed by atoms with Crippen LogP contribution in [0.1, 0.15) is 53.7 Å². The van der Waals surface area contributed by atoms with Crippen molar-refractivity contribution in [2.75, 3.05) is 19.6 Å². The van der Waals surface area contributed by atoms with Crippen molar-refractivity contribution < 1.29 is 19.5 Å². The molecular weight excluding hydrogens is 522 g/mol. The van der Waals surface area contributed by atoms with Gasteiger partial charge in [-0.25, -0.2) is 0 Å². The molecule has 0 aromatic heterocycles. The molecule has 11 nitrogen and oxygen atoms in total. The Balaban J connectivity index is 0. The largest absolute Gasteiger partial charge is 0.508 e. The summed E-state index contributed by atoms with van der Waals surface area (Å²) in [5.74, 6) is -1.49. The summed E-state index contributed by atoms with van der Waals surface area (Å²) in [4.78, 5) is 39.4. The van der Waals surface area contributed by atoms with E-state index in [1.807, 2.05) is 24.3 Å². The van der Waals surface area contributed by atoms with Crippen LogP contribution >= 0.6 is 0 Å². The number of fused-ring (bicyclic) bond motifs is 5. The molecule has 1 aliphatic rings. The number of phenols is 1. The first-order chi connectivity index (χ1) is 17.7. The SMILES string of the molecule is C.C.C.C.NCCC[C@@H]1NC(=O)[C@@H](N)Cc2cc(ccc2O)-c2cccc(c2)C[C@@H](C(=O)NC(CN)CN)NC1=O. The van der Waals surface area contributed by atoms with Crippen molar-refractivity contribution in [3.63, 3.8) is 0 Å². The van der Waals surface area contributed by atoms with Crippen molar-refractivity contribution in [1.82, 2.24) is 16.0 Å². The molecule has 0 spiro atoms. The van der Waals surface area contributed by atoms with Gasteiger partial charge in [0.05, 0.1) is 12.1 Å². The lowest BCUT2D eigenvalue weighted by Gasteiger charge is -2.25. The van der Waals surface area contributed by atoms with Crippen LogP contribution in [0.4, 0.5) is 0 Å². The topological polar surface area (TPSA) is 212 Å². The summed E-state index contributed by atoms with van der Waals surface area (Å²) in [6.07, 6.45) is 0.994. The summed E-state index contributed by atoms with van der Waals surface area (Å²) >= 11 is 0. The first-order valence-corrected chi connectivity index (χ1v) is 12.4. The van der Waals surface area contributed by atoms with E-state index < -0.39 is 41.9 Å². The fourth-order valence-corrected chi connectivity index (χ4v) is 4.24. The molecular formula is C30H53N7O4.